The van der Waals surface area contributed by atoms with E-state index in [1.54, 1.807) is 0 Å². The number of aromatic nitrogens is 4. The van der Waals surface area contributed by atoms with Gasteiger partial charge in [-0.25, -0.2) is 19.6 Å². The van der Waals surface area contributed by atoms with Crippen molar-refractivity contribution in [3.8, 4) is 33.6 Å². The number of piperidine rings is 2. The highest BCUT2D eigenvalue weighted by Gasteiger charge is 2.57. The molecule has 0 bridgehead atoms. The number of amides is 2. The van der Waals surface area contributed by atoms with Gasteiger partial charge in [-0.3, -0.25) is 9.80 Å². The third-order valence-corrected chi connectivity index (χ3v) is 9.96. The summed E-state index contributed by atoms with van der Waals surface area (Å²) in [6.07, 6.45) is 7.12. The molecule has 4 unspecified atom stereocenters. The molecule has 2 aromatic heterocycles. The van der Waals surface area contributed by atoms with Crippen LogP contribution in [0.3, 0.4) is 0 Å². The number of ether oxygens (including phenoxy) is 2. The summed E-state index contributed by atoms with van der Waals surface area (Å²) < 4.78 is 11.4. The molecule has 2 amide bonds. The lowest BCUT2D eigenvalue weighted by Crippen LogP contribution is -2.38. The maximum Gasteiger partial charge on any atom is 0.411 e. The van der Waals surface area contributed by atoms with E-state index in [9.17, 15) is 9.59 Å². The van der Waals surface area contributed by atoms with Crippen molar-refractivity contribution in [1.82, 2.24) is 29.7 Å². The maximum atomic E-state index is 13.0. The van der Waals surface area contributed by atoms with E-state index in [0.717, 1.165) is 71.0 Å². The number of hydrogen-bond acceptors (Lipinski definition) is 6. The Hall–Kier alpha value is -4.60. The van der Waals surface area contributed by atoms with Crippen LogP contribution in [0.4, 0.5) is 9.59 Å². The van der Waals surface area contributed by atoms with Crippen LogP contribution in [0.25, 0.3) is 33.6 Å². The molecule has 2 saturated carbocycles. The van der Waals surface area contributed by atoms with Crippen LogP contribution in [0.5, 0.6) is 0 Å². The number of nitrogens with one attached hydrogen (secondary N) is 2. The largest absolute Gasteiger partial charge is 0.444 e. The predicted octanol–water partition coefficient (Wildman–Crippen LogP) is 8.27. The quantitative estimate of drug-likeness (QED) is 0.225. The molecule has 4 fully saturated rings. The predicted molar refractivity (Wildman–Crippen MR) is 182 cm³/mol. The lowest BCUT2D eigenvalue weighted by Gasteiger charge is -2.29. The molecule has 4 aliphatic rings. The highest BCUT2D eigenvalue weighted by Crippen LogP contribution is 2.54. The van der Waals surface area contributed by atoms with Gasteiger partial charge in [0.15, 0.2) is 0 Å². The lowest BCUT2D eigenvalue weighted by molar-refractivity contribution is 0.0164. The Balaban J connectivity index is 0.935. The third-order valence-electron chi connectivity index (χ3n) is 9.96. The second-order valence-corrected chi connectivity index (χ2v) is 15.9. The number of benzene rings is 2. The number of H-pyrrole nitrogens is 2. The number of imidazole rings is 2. The molecule has 48 heavy (non-hydrogen) atoms. The van der Waals surface area contributed by atoms with E-state index in [2.05, 4.69) is 58.5 Å². The van der Waals surface area contributed by atoms with Crippen LogP contribution in [0.15, 0.2) is 60.9 Å². The zero-order chi connectivity index (χ0) is 33.5. The van der Waals surface area contributed by atoms with Gasteiger partial charge in [0, 0.05) is 12.1 Å². The topological polar surface area (TPSA) is 116 Å². The number of aromatic amines is 2. The van der Waals surface area contributed by atoms with E-state index >= 15 is 0 Å². The molecule has 0 radical (unpaired) electrons. The fourth-order valence-electron chi connectivity index (χ4n) is 7.55. The minimum Gasteiger partial charge on any atom is -0.444 e. The first-order chi connectivity index (χ1) is 22.8. The van der Waals surface area contributed by atoms with Crippen molar-refractivity contribution in [2.24, 2.45) is 11.8 Å². The van der Waals surface area contributed by atoms with E-state index in [0.29, 0.717) is 11.8 Å². The van der Waals surface area contributed by atoms with Crippen molar-refractivity contribution >= 4 is 12.2 Å². The van der Waals surface area contributed by atoms with Crippen molar-refractivity contribution < 1.29 is 19.1 Å². The highest BCUT2D eigenvalue weighted by atomic mass is 16.6. The van der Waals surface area contributed by atoms with Gasteiger partial charge in [0.25, 0.3) is 0 Å². The second-order valence-electron chi connectivity index (χ2n) is 15.9. The molecule has 2 aromatic carbocycles. The molecule has 0 spiro atoms. The normalized spacial score (nSPS) is 25.9. The molecular formula is C38H44N6O4. The number of fused-ring (bicyclic) bond motifs is 2. The second kappa shape index (κ2) is 11.0. The molecule has 2 aliphatic heterocycles. The number of rotatable bonds is 5. The fourth-order valence-corrected chi connectivity index (χ4v) is 7.55. The molecule has 250 valence electrons. The van der Waals surface area contributed by atoms with Crippen LogP contribution < -0.4 is 0 Å². The molecule has 10 heteroatoms. The summed E-state index contributed by atoms with van der Waals surface area (Å²) in [5.74, 6) is 2.69. The van der Waals surface area contributed by atoms with E-state index in [1.165, 1.54) is 0 Å². The van der Waals surface area contributed by atoms with Gasteiger partial charge < -0.3 is 19.4 Å². The molecule has 4 aromatic rings. The Bertz CT molecular complexity index is 1710. The van der Waals surface area contributed by atoms with Crippen LogP contribution in [-0.2, 0) is 9.47 Å². The fraction of sp³-hybridized carbons (Fsp3) is 0.474. The molecule has 2 N–H and O–H groups in total. The van der Waals surface area contributed by atoms with Gasteiger partial charge in [0.05, 0.1) is 35.9 Å². The van der Waals surface area contributed by atoms with E-state index in [-0.39, 0.29) is 36.4 Å². The lowest BCUT2D eigenvalue weighted by atomic mass is 10.0. The zero-order valence-corrected chi connectivity index (χ0v) is 28.5. The van der Waals surface area contributed by atoms with Gasteiger partial charge in [0.2, 0.25) is 0 Å². The Morgan fingerprint density at radius 2 is 0.958 bits per heavy atom. The van der Waals surface area contributed by atoms with Crippen molar-refractivity contribution in [3.05, 3.63) is 72.6 Å². The summed E-state index contributed by atoms with van der Waals surface area (Å²) in [7, 11) is 0. The summed E-state index contributed by atoms with van der Waals surface area (Å²) in [6.45, 7) is 11.4. The summed E-state index contributed by atoms with van der Waals surface area (Å²) in [4.78, 5) is 46.2. The standard InChI is InChI=1S/C38H44N6O4/c1-37(2,3)47-35(45)43-29-15-25(29)17-31(43)33-39-19-27(41-33)23-11-7-21(8-12-23)22-9-13-24(14-10-22)28-20-40-34(42-28)32-18-26-16-30(26)44(32)36(46)48-38(4,5)6/h7-14,19-20,25-26,29-32H,15-18H2,1-6H3,(H,39,41)(H,40,42)/t25?,26?,29?,30?,31-,32-/m0/s1. The van der Waals surface area contributed by atoms with Gasteiger partial charge in [0.1, 0.15) is 22.9 Å². The van der Waals surface area contributed by atoms with E-state index in [1.807, 2.05) is 63.7 Å². The Morgan fingerprint density at radius 1 is 0.604 bits per heavy atom. The average molecular weight is 649 g/mol. The number of carbonyl (C=O) groups is 2. The summed E-state index contributed by atoms with van der Waals surface area (Å²) in [5.41, 5.74) is 5.09. The summed E-state index contributed by atoms with van der Waals surface area (Å²) >= 11 is 0. The van der Waals surface area contributed by atoms with Crippen LogP contribution in [0.2, 0.25) is 0 Å². The number of hydrogen-bond donors (Lipinski definition) is 2. The van der Waals surface area contributed by atoms with Crippen molar-refractivity contribution in [2.45, 2.75) is 103 Å². The number of likely N-dealkylation sites (tertiary alicyclic amines) is 2. The molecule has 2 aliphatic carbocycles. The Kier molecular flexibility index (Phi) is 7.02. The van der Waals surface area contributed by atoms with Gasteiger partial charge >= 0.3 is 12.2 Å². The Morgan fingerprint density at radius 3 is 1.31 bits per heavy atom. The summed E-state index contributed by atoms with van der Waals surface area (Å²) in [6, 6.07) is 17.2. The number of carbonyl (C=O) groups excluding carboxylic acids is 2. The van der Waals surface area contributed by atoms with Gasteiger partial charge in [-0.1, -0.05) is 48.5 Å². The van der Waals surface area contributed by atoms with Crippen molar-refractivity contribution in [3.63, 3.8) is 0 Å². The minimum absolute atomic E-state index is 0.0891. The summed E-state index contributed by atoms with van der Waals surface area (Å²) in [5, 5.41) is 0. The first kappa shape index (κ1) is 30.7. The minimum atomic E-state index is -0.532. The molecule has 2 saturated heterocycles. The molecule has 4 heterocycles. The number of nitrogens with zero attached hydrogens (tertiary/aromatic N) is 4. The molecular weight excluding hydrogens is 604 g/mol. The molecule has 8 rings (SSSR count). The zero-order valence-electron chi connectivity index (χ0n) is 28.5. The van der Waals surface area contributed by atoms with Crippen LogP contribution >= 0.6 is 0 Å². The van der Waals surface area contributed by atoms with Gasteiger partial charge in [-0.2, -0.15) is 0 Å². The maximum absolute atomic E-state index is 13.0. The first-order valence-corrected chi connectivity index (χ1v) is 17.1. The molecule has 6 atom stereocenters. The average Bonchev–Trinajstić information content (AvgIpc) is 3.62. The van der Waals surface area contributed by atoms with Crippen LogP contribution in [0.1, 0.15) is 91.0 Å². The molecule has 10 nitrogen and oxygen atoms in total. The smallest absolute Gasteiger partial charge is 0.411 e. The Labute approximate surface area is 281 Å². The van der Waals surface area contributed by atoms with E-state index < -0.39 is 11.2 Å². The first-order valence-electron chi connectivity index (χ1n) is 17.1. The van der Waals surface area contributed by atoms with E-state index in [4.69, 9.17) is 19.4 Å². The van der Waals surface area contributed by atoms with Gasteiger partial charge in [-0.15, -0.1) is 0 Å². The van der Waals surface area contributed by atoms with Crippen LogP contribution in [-0.4, -0.2) is 65.2 Å². The van der Waals surface area contributed by atoms with Crippen molar-refractivity contribution in [2.75, 3.05) is 0 Å². The SMILES string of the molecule is CC(C)(C)OC(=O)N1C2CC2C[C@H]1c1ncc(-c2ccc(-c3ccc(-c4cnc([C@@H]5CC6CC6N5C(=O)OC(C)(C)C)[nH]4)cc3)cc2)[nH]1. The monoisotopic (exact) mass is 648 g/mol. The third kappa shape index (κ3) is 5.86. The van der Waals surface area contributed by atoms with Gasteiger partial charge in [-0.05, 0) is 101 Å². The highest BCUT2D eigenvalue weighted by molar-refractivity contribution is 5.73. The van der Waals surface area contributed by atoms with Crippen LogP contribution in [0, 0.1) is 11.8 Å². The van der Waals surface area contributed by atoms with Crippen molar-refractivity contribution in [1.29, 1.82) is 0 Å².